The molecule has 3 nitrogen and oxygen atoms in total. The molecule has 2 rings (SSSR count). The predicted molar refractivity (Wildman–Crippen MR) is 111 cm³/mol. The summed E-state index contributed by atoms with van der Waals surface area (Å²) in [5.41, 5.74) is 0. The molecule has 0 spiro atoms. The van der Waals surface area contributed by atoms with Crippen molar-refractivity contribution in [3.8, 4) is 0 Å². The van der Waals surface area contributed by atoms with Gasteiger partial charge in [0.05, 0.1) is 0 Å². The molecule has 155 valence electrons. The molecule has 0 aromatic rings. The summed E-state index contributed by atoms with van der Waals surface area (Å²) < 4.78 is 0. The monoisotopic (exact) mass is 401 g/mol. The van der Waals surface area contributed by atoms with Gasteiger partial charge in [0.15, 0.2) is 0 Å². The Hall–Kier alpha value is 0.464. The number of rotatable bonds is 6. The SMILES string of the molecule is [CH2-]CC1CCC(N2CCN(C(C)C)CC2)CC1.[CH2-]CN(C[CH2-])C(C)C.[V]. The summed E-state index contributed by atoms with van der Waals surface area (Å²) in [7, 11) is 0. The van der Waals surface area contributed by atoms with Crippen molar-refractivity contribution in [3.63, 3.8) is 0 Å². The number of nitrogens with zero attached hydrogens (tertiary/aromatic N) is 3. The van der Waals surface area contributed by atoms with Gasteiger partial charge in [-0.15, -0.1) is 13.1 Å². The van der Waals surface area contributed by atoms with Gasteiger partial charge in [0.25, 0.3) is 0 Å². The third kappa shape index (κ3) is 9.10. The molecule has 0 aromatic carbocycles. The van der Waals surface area contributed by atoms with Gasteiger partial charge in [-0.25, -0.2) is 0 Å². The average Bonchev–Trinajstić information content (AvgIpc) is 2.63. The Morgan fingerprint density at radius 2 is 1.35 bits per heavy atom. The van der Waals surface area contributed by atoms with Crippen molar-refractivity contribution in [2.24, 2.45) is 5.92 Å². The molecule has 1 aliphatic heterocycles. The van der Waals surface area contributed by atoms with Crippen LogP contribution in [0, 0.1) is 26.7 Å². The predicted octanol–water partition coefficient (Wildman–Crippen LogP) is 4.16. The average molecular weight is 402 g/mol. The van der Waals surface area contributed by atoms with E-state index in [1.54, 1.807) is 0 Å². The molecule has 1 heterocycles. The van der Waals surface area contributed by atoms with Gasteiger partial charge in [-0.3, -0.25) is 9.80 Å². The minimum atomic E-state index is 0. The van der Waals surface area contributed by atoms with Crippen LogP contribution in [0.3, 0.4) is 0 Å². The van der Waals surface area contributed by atoms with Crippen LogP contribution in [0.15, 0.2) is 0 Å². The van der Waals surface area contributed by atoms with Crippen LogP contribution in [-0.4, -0.2) is 72.1 Å². The van der Waals surface area contributed by atoms with Gasteiger partial charge in [-0.1, -0.05) is 32.6 Å². The quantitative estimate of drug-likeness (QED) is 0.619. The minimum absolute atomic E-state index is 0. The fourth-order valence-electron chi connectivity index (χ4n) is 4.05. The van der Waals surface area contributed by atoms with Crippen LogP contribution in [0.25, 0.3) is 0 Å². The second kappa shape index (κ2) is 14.5. The van der Waals surface area contributed by atoms with Gasteiger partial charge in [0, 0.05) is 56.8 Å². The molecule has 1 saturated heterocycles. The molecule has 0 N–H and O–H groups in total. The van der Waals surface area contributed by atoms with Crippen LogP contribution >= 0.6 is 0 Å². The van der Waals surface area contributed by atoms with Crippen LogP contribution in [0.4, 0.5) is 0 Å². The van der Waals surface area contributed by atoms with Crippen LogP contribution in [0.2, 0.25) is 0 Å². The Morgan fingerprint density at radius 3 is 1.65 bits per heavy atom. The van der Waals surface area contributed by atoms with E-state index >= 15 is 0 Å². The topological polar surface area (TPSA) is 9.72 Å². The van der Waals surface area contributed by atoms with Crippen LogP contribution < -0.4 is 0 Å². The van der Waals surface area contributed by atoms with Gasteiger partial charge < -0.3 is 25.7 Å². The second-order valence-corrected chi connectivity index (χ2v) is 8.26. The van der Waals surface area contributed by atoms with Crippen molar-refractivity contribution in [1.82, 2.24) is 14.7 Å². The second-order valence-electron chi connectivity index (χ2n) is 8.26. The summed E-state index contributed by atoms with van der Waals surface area (Å²) in [6.45, 7) is 27.4. The first-order valence-electron chi connectivity index (χ1n) is 10.5. The largest absolute Gasteiger partial charge is 0.360 e. The third-order valence-corrected chi connectivity index (χ3v) is 6.12. The molecule has 2 fully saturated rings. The van der Waals surface area contributed by atoms with Crippen molar-refractivity contribution >= 4 is 0 Å². The number of hydrogen-bond donors (Lipinski definition) is 0. The molecule has 0 aromatic heterocycles. The van der Waals surface area contributed by atoms with E-state index in [4.69, 9.17) is 0 Å². The van der Waals surface area contributed by atoms with Gasteiger partial charge in [0.2, 0.25) is 0 Å². The first-order chi connectivity index (χ1) is 11.9. The van der Waals surface area contributed by atoms with Gasteiger partial charge >= 0.3 is 0 Å². The molecular weight excluding hydrogens is 357 g/mol. The molecule has 4 heteroatoms. The standard InChI is InChI=1S/C15H29N2.C7H15N.V/c1-4-14-5-7-15(8-6-14)17-11-9-16(10-12-17)13(2)3;1-5-8(6-2)7(3)4;/h13-15H,1,4-12H2,2-3H3;7H,1-2,5-6H2,3-4H3;/q-1;-2;. The van der Waals surface area contributed by atoms with Crippen molar-refractivity contribution in [2.75, 3.05) is 39.3 Å². The summed E-state index contributed by atoms with van der Waals surface area (Å²) in [5.74, 6) is 0.920. The zero-order valence-corrected chi connectivity index (χ0v) is 19.4. The van der Waals surface area contributed by atoms with E-state index in [2.05, 4.69) is 63.2 Å². The Bertz CT molecular complexity index is 315. The van der Waals surface area contributed by atoms with Crippen LogP contribution in [0.1, 0.15) is 59.8 Å². The summed E-state index contributed by atoms with van der Waals surface area (Å²) in [6.07, 6.45) is 6.81. The molecular formula is C22H44N3V-3. The van der Waals surface area contributed by atoms with E-state index in [0.717, 1.165) is 37.5 Å². The van der Waals surface area contributed by atoms with Crippen molar-refractivity contribution in [1.29, 1.82) is 0 Å². The number of piperazine rings is 1. The van der Waals surface area contributed by atoms with E-state index < -0.39 is 0 Å². The normalized spacial score (nSPS) is 25.2. The molecule has 0 atom stereocenters. The van der Waals surface area contributed by atoms with Crippen LogP contribution in [0.5, 0.6) is 0 Å². The van der Waals surface area contributed by atoms with E-state index in [1.807, 2.05) is 0 Å². The number of hydrogen-bond acceptors (Lipinski definition) is 3. The van der Waals surface area contributed by atoms with Gasteiger partial charge in [-0.2, -0.15) is 6.42 Å². The molecule has 2 aliphatic rings. The maximum atomic E-state index is 4.06. The Labute approximate surface area is 177 Å². The molecule has 0 amide bonds. The molecule has 1 aliphatic carbocycles. The first-order valence-corrected chi connectivity index (χ1v) is 10.5. The van der Waals surface area contributed by atoms with Crippen molar-refractivity contribution in [2.45, 2.75) is 77.9 Å². The smallest absolute Gasteiger partial charge is 0.0113 e. The van der Waals surface area contributed by atoms with Crippen LogP contribution in [-0.2, 0) is 18.6 Å². The van der Waals surface area contributed by atoms with Crippen molar-refractivity contribution < 1.29 is 18.6 Å². The Balaban J connectivity index is 0.000000597. The Kier molecular flexibility index (Phi) is 14.7. The summed E-state index contributed by atoms with van der Waals surface area (Å²) in [6, 6.07) is 2.19. The van der Waals surface area contributed by atoms with E-state index in [-0.39, 0.29) is 18.6 Å². The molecule has 0 unspecified atom stereocenters. The van der Waals surface area contributed by atoms with Gasteiger partial charge in [-0.05, 0) is 32.7 Å². The van der Waals surface area contributed by atoms with E-state index in [9.17, 15) is 0 Å². The fourth-order valence-corrected chi connectivity index (χ4v) is 4.05. The Morgan fingerprint density at radius 1 is 0.846 bits per heavy atom. The molecule has 1 radical (unpaired) electrons. The first kappa shape index (κ1) is 26.5. The summed E-state index contributed by atoms with van der Waals surface area (Å²) >= 11 is 0. The molecule has 1 saturated carbocycles. The fraction of sp³-hybridized carbons (Fsp3) is 0.864. The summed E-state index contributed by atoms with van der Waals surface area (Å²) in [4.78, 5) is 7.55. The van der Waals surface area contributed by atoms with E-state index in [0.29, 0.717) is 6.04 Å². The van der Waals surface area contributed by atoms with Crippen molar-refractivity contribution in [3.05, 3.63) is 20.8 Å². The maximum absolute atomic E-state index is 4.06. The zero-order valence-electron chi connectivity index (χ0n) is 18.0. The third-order valence-electron chi connectivity index (χ3n) is 6.12. The minimum Gasteiger partial charge on any atom is -0.360 e. The van der Waals surface area contributed by atoms with E-state index in [1.165, 1.54) is 51.9 Å². The molecule has 0 bridgehead atoms. The maximum Gasteiger partial charge on any atom is 0.0113 e. The zero-order chi connectivity index (χ0) is 18.8. The molecule has 26 heavy (non-hydrogen) atoms. The van der Waals surface area contributed by atoms with Gasteiger partial charge in [0.1, 0.15) is 0 Å². The summed E-state index contributed by atoms with van der Waals surface area (Å²) in [5, 5.41) is 0.